The quantitative estimate of drug-likeness (QED) is 0.560. The fraction of sp³-hybridized carbons (Fsp3) is 0.769. The summed E-state index contributed by atoms with van der Waals surface area (Å²) in [4.78, 5) is 11.9. The van der Waals surface area contributed by atoms with Gasteiger partial charge in [0.2, 0.25) is 5.91 Å². The number of carbonyl (C=O) groups is 1. The maximum Gasteiger partial charge on any atom is 0.237 e. The normalized spacial score (nSPS) is 33.1. The molecule has 0 aromatic heterocycles. The van der Waals surface area contributed by atoms with Crippen molar-refractivity contribution in [1.82, 2.24) is 10.6 Å². The van der Waals surface area contributed by atoms with E-state index in [0.29, 0.717) is 6.04 Å². The minimum absolute atomic E-state index is 0.0536. The molecule has 1 saturated carbocycles. The second kappa shape index (κ2) is 5.48. The van der Waals surface area contributed by atoms with Gasteiger partial charge in [-0.15, -0.1) is 6.58 Å². The van der Waals surface area contributed by atoms with Crippen LogP contribution in [0.15, 0.2) is 12.7 Å². The van der Waals surface area contributed by atoms with E-state index in [1.807, 2.05) is 6.08 Å². The Labute approximate surface area is 97.7 Å². The summed E-state index contributed by atoms with van der Waals surface area (Å²) >= 11 is 0. The third-order valence-corrected chi connectivity index (χ3v) is 3.83. The Hall–Kier alpha value is -0.830. The zero-order valence-corrected chi connectivity index (χ0v) is 9.87. The summed E-state index contributed by atoms with van der Waals surface area (Å²) in [6.07, 6.45) is 8.93. The molecule has 90 valence electrons. The first-order chi connectivity index (χ1) is 7.81. The number of amides is 1. The van der Waals surface area contributed by atoms with Crippen LogP contribution >= 0.6 is 0 Å². The van der Waals surface area contributed by atoms with E-state index < -0.39 is 0 Å². The highest BCUT2D eigenvalue weighted by Crippen LogP contribution is 2.33. The number of hydrogen-bond donors (Lipinski definition) is 2. The van der Waals surface area contributed by atoms with Crippen molar-refractivity contribution in [3.05, 3.63) is 12.7 Å². The molecule has 2 rings (SSSR count). The number of hydrogen-bond acceptors (Lipinski definition) is 2. The zero-order chi connectivity index (χ0) is 11.4. The summed E-state index contributed by atoms with van der Waals surface area (Å²) in [6, 6.07) is 0.654. The fourth-order valence-corrected chi connectivity index (χ4v) is 2.94. The highest BCUT2D eigenvalue weighted by atomic mass is 16.2. The molecule has 0 aromatic rings. The van der Waals surface area contributed by atoms with Gasteiger partial charge in [-0.3, -0.25) is 4.79 Å². The molecule has 3 heteroatoms. The van der Waals surface area contributed by atoms with E-state index in [1.165, 1.54) is 25.7 Å². The van der Waals surface area contributed by atoms with Crippen molar-refractivity contribution in [3.63, 3.8) is 0 Å². The summed E-state index contributed by atoms with van der Waals surface area (Å²) in [5.41, 5.74) is 0. The second-order valence-electron chi connectivity index (χ2n) is 4.97. The third-order valence-electron chi connectivity index (χ3n) is 3.83. The van der Waals surface area contributed by atoms with Crippen LogP contribution in [-0.2, 0) is 4.79 Å². The van der Waals surface area contributed by atoms with Gasteiger partial charge < -0.3 is 10.6 Å². The third kappa shape index (κ3) is 2.64. The molecule has 2 N–H and O–H groups in total. The Morgan fingerprint density at radius 2 is 2.25 bits per heavy atom. The molecule has 1 saturated heterocycles. The molecule has 3 unspecified atom stereocenters. The van der Waals surface area contributed by atoms with E-state index in [9.17, 15) is 4.79 Å². The number of nitrogens with one attached hydrogen (secondary N) is 2. The minimum atomic E-state index is 0.0536. The maximum absolute atomic E-state index is 11.9. The van der Waals surface area contributed by atoms with Crippen molar-refractivity contribution in [2.75, 3.05) is 6.54 Å². The topological polar surface area (TPSA) is 41.1 Å². The Morgan fingerprint density at radius 3 is 3.00 bits per heavy atom. The van der Waals surface area contributed by atoms with E-state index >= 15 is 0 Å². The van der Waals surface area contributed by atoms with E-state index in [0.717, 1.165) is 25.3 Å². The van der Waals surface area contributed by atoms with Crippen LogP contribution in [0.5, 0.6) is 0 Å². The van der Waals surface area contributed by atoms with Gasteiger partial charge in [0.25, 0.3) is 0 Å². The molecule has 1 aliphatic carbocycles. The number of carbonyl (C=O) groups excluding carboxylic acids is 1. The predicted octanol–water partition coefficient (Wildman–Crippen LogP) is 1.60. The molecule has 0 spiro atoms. The summed E-state index contributed by atoms with van der Waals surface area (Å²) in [7, 11) is 0. The lowest BCUT2D eigenvalue weighted by Gasteiger charge is -2.24. The summed E-state index contributed by atoms with van der Waals surface area (Å²) < 4.78 is 0. The highest BCUT2D eigenvalue weighted by molar-refractivity contribution is 5.82. The molecular weight excluding hydrogens is 200 g/mol. The van der Waals surface area contributed by atoms with Gasteiger partial charge in [-0.2, -0.15) is 0 Å². The smallest absolute Gasteiger partial charge is 0.237 e. The van der Waals surface area contributed by atoms with Crippen molar-refractivity contribution in [2.24, 2.45) is 5.92 Å². The first-order valence-corrected chi connectivity index (χ1v) is 6.46. The molecule has 0 aromatic carbocycles. The van der Waals surface area contributed by atoms with Crippen LogP contribution in [0.1, 0.15) is 38.5 Å². The Balaban J connectivity index is 1.78. The Bertz CT molecular complexity index is 251. The molecule has 3 nitrogen and oxygen atoms in total. The lowest BCUT2D eigenvalue weighted by molar-refractivity contribution is -0.122. The van der Waals surface area contributed by atoms with Gasteiger partial charge in [0, 0.05) is 12.6 Å². The van der Waals surface area contributed by atoms with Gasteiger partial charge in [0.15, 0.2) is 0 Å². The molecule has 1 amide bonds. The maximum atomic E-state index is 11.9. The fourth-order valence-electron chi connectivity index (χ4n) is 2.94. The highest BCUT2D eigenvalue weighted by Gasteiger charge is 2.37. The van der Waals surface area contributed by atoms with Gasteiger partial charge in [-0.05, 0) is 31.6 Å². The molecule has 2 fully saturated rings. The summed E-state index contributed by atoms with van der Waals surface area (Å²) in [5, 5.41) is 6.44. The van der Waals surface area contributed by atoms with Crippen molar-refractivity contribution in [1.29, 1.82) is 0 Å². The average molecular weight is 222 g/mol. The van der Waals surface area contributed by atoms with Gasteiger partial charge in [-0.1, -0.05) is 18.9 Å². The monoisotopic (exact) mass is 222 g/mol. The Morgan fingerprint density at radius 1 is 1.44 bits per heavy atom. The van der Waals surface area contributed by atoms with E-state index in [4.69, 9.17) is 0 Å². The van der Waals surface area contributed by atoms with E-state index in [2.05, 4.69) is 17.2 Å². The lowest BCUT2D eigenvalue weighted by Crippen LogP contribution is -2.43. The first kappa shape index (κ1) is 11.6. The molecule has 0 radical (unpaired) electrons. The first-order valence-electron chi connectivity index (χ1n) is 6.46. The van der Waals surface area contributed by atoms with Crippen molar-refractivity contribution in [3.8, 4) is 0 Å². The molecule has 3 atom stereocenters. The van der Waals surface area contributed by atoms with E-state index in [-0.39, 0.29) is 11.9 Å². The minimum Gasteiger partial charge on any atom is -0.354 e. The van der Waals surface area contributed by atoms with Crippen LogP contribution in [-0.4, -0.2) is 24.5 Å². The van der Waals surface area contributed by atoms with Crippen molar-refractivity contribution >= 4 is 5.91 Å². The molecule has 16 heavy (non-hydrogen) atoms. The van der Waals surface area contributed by atoms with Gasteiger partial charge in [0.1, 0.15) is 0 Å². The van der Waals surface area contributed by atoms with Crippen molar-refractivity contribution in [2.45, 2.75) is 50.6 Å². The summed E-state index contributed by atoms with van der Waals surface area (Å²) in [6.45, 7) is 4.37. The van der Waals surface area contributed by atoms with Gasteiger partial charge >= 0.3 is 0 Å². The van der Waals surface area contributed by atoms with Crippen LogP contribution in [0.4, 0.5) is 0 Å². The molecular formula is C13H22N2O. The zero-order valence-electron chi connectivity index (χ0n) is 9.87. The van der Waals surface area contributed by atoms with E-state index in [1.54, 1.807) is 0 Å². The lowest BCUT2D eigenvalue weighted by atomic mass is 9.85. The SMILES string of the molecule is C=CCCNC(=O)C1CC2CCCCC2N1. The second-order valence-corrected chi connectivity index (χ2v) is 4.97. The number of fused-ring (bicyclic) bond motifs is 1. The number of rotatable bonds is 4. The molecule has 0 bridgehead atoms. The predicted molar refractivity (Wildman–Crippen MR) is 65.1 cm³/mol. The summed E-state index contributed by atoms with van der Waals surface area (Å²) in [5.74, 6) is 0.917. The van der Waals surface area contributed by atoms with Crippen molar-refractivity contribution < 1.29 is 4.79 Å². The van der Waals surface area contributed by atoms with Crippen LogP contribution in [0, 0.1) is 5.92 Å². The molecule has 1 heterocycles. The van der Waals surface area contributed by atoms with Crippen LogP contribution in [0.2, 0.25) is 0 Å². The molecule has 1 aliphatic heterocycles. The average Bonchev–Trinajstić information content (AvgIpc) is 2.73. The van der Waals surface area contributed by atoms with Gasteiger partial charge in [0.05, 0.1) is 6.04 Å². The van der Waals surface area contributed by atoms with Crippen LogP contribution in [0.25, 0.3) is 0 Å². The Kier molecular flexibility index (Phi) is 3.99. The van der Waals surface area contributed by atoms with Gasteiger partial charge in [-0.25, -0.2) is 0 Å². The van der Waals surface area contributed by atoms with Crippen LogP contribution in [0.3, 0.4) is 0 Å². The van der Waals surface area contributed by atoms with Crippen LogP contribution < -0.4 is 10.6 Å². The molecule has 2 aliphatic rings. The standard InChI is InChI=1S/C13H22N2O/c1-2-3-8-14-13(16)12-9-10-6-4-5-7-11(10)15-12/h2,10-12,15H,1,3-9H2,(H,14,16). The largest absolute Gasteiger partial charge is 0.354 e.